The van der Waals surface area contributed by atoms with E-state index in [2.05, 4.69) is 41.9 Å². The van der Waals surface area contributed by atoms with Crippen LogP contribution in [0.15, 0.2) is 41.6 Å². The van der Waals surface area contributed by atoms with Gasteiger partial charge in [-0.15, -0.1) is 0 Å². The minimum atomic E-state index is 0.135. The van der Waals surface area contributed by atoms with Crippen LogP contribution in [0.25, 0.3) is 5.69 Å². The smallest absolute Gasteiger partial charge is 0.237 e. The van der Waals surface area contributed by atoms with Crippen molar-refractivity contribution in [1.82, 2.24) is 9.47 Å². The molecule has 4 nitrogen and oxygen atoms in total. The first-order valence-corrected chi connectivity index (χ1v) is 7.90. The monoisotopic (exact) mass is 301 g/mol. The Labute approximate surface area is 129 Å². The molecule has 0 unspecified atom stereocenters. The zero-order chi connectivity index (χ0) is 15.0. The van der Waals surface area contributed by atoms with E-state index in [4.69, 9.17) is 0 Å². The number of hydrogen-bond donors (Lipinski definition) is 0. The van der Waals surface area contributed by atoms with Crippen LogP contribution in [0, 0.1) is 0 Å². The summed E-state index contributed by atoms with van der Waals surface area (Å²) in [6, 6.07) is 10.2. The summed E-state index contributed by atoms with van der Waals surface area (Å²) in [4.78, 5) is 16.2. The summed E-state index contributed by atoms with van der Waals surface area (Å²) in [5.74, 6) is 0.602. The summed E-state index contributed by atoms with van der Waals surface area (Å²) in [7, 11) is 5.96. The molecule has 1 aliphatic heterocycles. The lowest BCUT2D eigenvalue weighted by Gasteiger charge is -2.25. The number of para-hydroxylation sites is 2. The SMILES string of the molecule is CN(C)Cc1ccn2c1SCC(=O)N(C)c1ccccc1-2. The molecule has 21 heavy (non-hydrogen) atoms. The second-order valence-electron chi connectivity index (χ2n) is 5.48. The van der Waals surface area contributed by atoms with E-state index in [-0.39, 0.29) is 5.91 Å². The molecule has 0 spiro atoms. The molecule has 2 aromatic rings. The van der Waals surface area contributed by atoms with Gasteiger partial charge >= 0.3 is 0 Å². The fourth-order valence-corrected chi connectivity index (χ4v) is 3.65. The summed E-state index contributed by atoms with van der Waals surface area (Å²) >= 11 is 1.62. The van der Waals surface area contributed by atoms with E-state index in [1.165, 1.54) is 5.56 Å². The van der Waals surface area contributed by atoms with Gasteiger partial charge in [-0.25, -0.2) is 0 Å². The summed E-state index contributed by atoms with van der Waals surface area (Å²) in [6.07, 6.45) is 2.10. The Balaban J connectivity index is 2.16. The van der Waals surface area contributed by atoms with Crippen LogP contribution >= 0.6 is 11.8 Å². The van der Waals surface area contributed by atoms with E-state index in [9.17, 15) is 4.79 Å². The Hall–Kier alpha value is -1.72. The van der Waals surface area contributed by atoms with Crippen molar-refractivity contribution in [3.05, 3.63) is 42.1 Å². The van der Waals surface area contributed by atoms with Crippen molar-refractivity contribution in [1.29, 1.82) is 0 Å². The van der Waals surface area contributed by atoms with Crippen molar-refractivity contribution in [2.75, 3.05) is 31.8 Å². The number of hydrogen-bond acceptors (Lipinski definition) is 3. The third-order valence-electron chi connectivity index (χ3n) is 3.61. The average molecular weight is 301 g/mol. The number of amides is 1. The van der Waals surface area contributed by atoms with Crippen molar-refractivity contribution in [3.63, 3.8) is 0 Å². The van der Waals surface area contributed by atoms with Crippen LogP contribution in [-0.4, -0.2) is 42.3 Å². The van der Waals surface area contributed by atoms with Crippen LogP contribution < -0.4 is 4.90 Å². The zero-order valence-electron chi connectivity index (χ0n) is 12.5. The number of aromatic nitrogens is 1. The highest BCUT2D eigenvalue weighted by molar-refractivity contribution is 8.00. The first kappa shape index (κ1) is 14.2. The van der Waals surface area contributed by atoms with E-state index in [0.29, 0.717) is 5.75 Å². The Morgan fingerprint density at radius 3 is 2.62 bits per heavy atom. The maximum absolute atomic E-state index is 12.3. The van der Waals surface area contributed by atoms with E-state index < -0.39 is 0 Å². The Kier molecular flexibility index (Phi) is 3.78. The minimum Gasteiger partial charge on any atom is -0.313 e. The number of rotatable bonds is 2. The number of carbonyl (C=O) groups excluding carboxylic acids is 1. The van der Waals surface area contributed by atoms with E-state index in [1.807, 2.05) is 25.2 Å². The summed E-state index contributed by atoms with van der Waals surface area (Å²) in [5, 5.41) is 1.16. The molecule has 2 heterocycles. The predicted octanol–water partition coefficient (Wildman–Crippen LogP) is 2.61. The molecule has 110 valence electrons. The summed E-state index contributed by atoms with van der Waals surface area (Å²) in [6.45, 7) is 0.877. The van der Waals surface area contributed by atoms with Gasteiger partial charge in [0.2, 0.25) is 5.91 Å². The number of fused-ring (bicyclic) bond motifs is 3. The van der Waals surface area contributed by atoms with Gasteiger partial charge in [0.05, 0.1) is 22.2 Å². The zero-order valence-corrected chi connectivity index (χ0v) is 13.4. The Morgan fingerprint density at radius 1 is 1.19 bits per heavy atom. The van der Waals surface area contributed by atoms with E-state index in [0.717, 1.165) is 22.9 Å². The van der Waals surface area contributed by atoms with Gasteiger partial charge in [-0.1, -0.05) is 23.9 Å². The molecule has 0 atom stereocenters. The molecule has 0 bridgehead atoms. The van der Waals surface area contributed by atoms with Gasteiger partial charge < -0.3 is 14.4 Å². The second-order valence-corrected chi connectivity index (χ2v) is 6.45. The molecule has 5 heteroatoms. The standard InChI is InChI=1S/C16H19N3OS/c1-17(2)10-12-8-9-19-14-7-5-4-6-13(14)18(3)15(20)11-21-16(12)19/h4-9H,10-11H2,1-3H3. The molecule has 0 saturated heterocycles. The largest absolute Gasteiger partial charge is 0.313 e. The number of carbonyl (C=O) groups is 1. The molecule has 0 saturated carbocycles. The first-order chi connectivity index (χ1) is 10.1. The van der Waals surface area contributed by atoms with Crippen molar-refractivity contribution >= 4 is 23.4 Å². The lowest BCUT2D eigenvalue weighted by molar-refractivity contribution is -0.115. The molecule has 1 amide bonds. The summed E-state index contributed by atoms with van der Waals surface area (Å²) in [5.41, 5.74) is 3.27. The van der Waals surface area contributed by atoms with Crippen LogP contribution in [-0.2, 0) is 11.3 Å². The van der Waals surface area contributed by atoms with Crippen molar-refractivity contribution in [2.24, 2.45) is 0 Å². The van der Waals surface area contributed by atoms with Crippen molar-refractivity contribution < 1.29 is 4.79 Å². The van der Waals surface area contributed by atoms with Crippen molar-refractivity contribution in [2.45, 2.75) is 11.6 Å². The third-order valence-corrected chi connectivity index (χ3v) is 4.74. The van der Waals surface area contributed by atoms with Crippen LogP contribution in [0.5, 0.6) is 0 Å². The lowest BCUT2D eigenvalue weighted by atomic mass is 10.2. The van der Waals surface area contributed by atoms with Crippen molar-refractivity contribution in [3.8, 4) is 5.69 Å². The number of nitrogens with zero attached hydrogens (tertiary/aromatic N) is 3. The Bertz CT molecular complexity index is 678. The molecule has 1 aromatic heterocycles. The minimum absolute atomic E-state index is 0.135. The van der Waals surface area contributed by atoms with E-state index in [1.54, 1.807) is 16.7 Å². The van der Waals surface area contributed by atoms with Gasteiger partial charge in [0, 0.05) is 19.8 Å². The normalized spacial score (nSPS) is 14.7. The van der Waals surface area contributed by atoms with Crippen LogP contribution in [0.4, 0.5) is 5.69 Å². The topological polar surface area (TPSA) is 28.5 Å². The third kappa shape index (κ3) is 2.59. The first-order valence-electron chi connectivity index (χ1n) is 6.91. The fourth-order valence-electron chi connectivity index (χ4n) is 2.58. The van der Waals surface area contributed by atoms with Gasteiger partial charge in [0.1, 0.15) is 0 Å². The van der Waals surface area contributed by atoms with Crippen LogP contribution in [0.3, 0.4) is 0 Å². The summed E-state index contributed by atoms with van der Waals surface area (Å²) < 4.78 is 2.20. The quantitative estimate of drug-likeness (QED) is 0.853. The molecule has 1 aromatic carbocycles. The molecule has 1 aliphatic rings. The maximum atomic E-state index is 12.3. The maximum Gasteiger partial charge on any atom is 0.237 e. The highest BCUT2D eigenvalue weighted by Crippen LogP contribution is 2.34. The molecular formula is C16H19N3OS. The van der Waals surface area contributed by atoms with E-state index >= 15 is 0 Å². The molecule has 0 aliphatic carbocycles. The van der Waals surface area contributed by atoms with Gasteiger partial charge in [-0.05, 0) is 37.9 Å². The molecule has 0 N–H and O–H groups in total. The number of benzene rings is 1. The number of thioether (sulfide) groups is 1. The molecular weight excluding hydrogens is 282 g/mol. The fraction of sp³-hybridized carbons (Fsp3) is 0.312. The second kappa shape index (κ2) is 5.58. The van der Waals surface area contributed by atoms with Gasteiger partial charge in [0.25, 0.3) is 0 Å². The van der Waals surface area contributed by atoms with Gasteiger partial charge in [-0.3, -0.25) is 4.79 Å². The Morgan fingerprint density at radius 2 is 1.90 bits per heavy atom. The molecule has 0 radical (unpaired) electrons. The predicted molar refractivity (Wildman–Crippen MR) is 87.3 cm³/mol. The number of anilines is 1. The van der Waals surface area contributed by atoms with Gasteiger partial charge in [-0.2, -0.15) is 0 Å². The van der Waals surface area contributed by atoms with Gasteiger partial charge in [0.15, 0.2) is 0 Å². The molecule has 3 rings (SSSR count). The lowest BCUT2D eigenvalue weighted by Crippen LogP contribution is -2.30. The van der Waals surface area contributed by atoms with Crippen LogP contribution in [0.2, 0.25) is 0 Å². The molecule has 0 fully saturated rings. The highest BCUT2D eigenvalue weighted by Gasteiger charge is 2.22. The van der Waals surface area contributed by atoms with Crippen LogP contribution in [0.1, 0.15) is 5.56 Å². The average Bonchev–Trinajstić information content (AvgIpc) is 2.84. The highest BCUT2D eigenvalue weighted by atomic mass is 32.2.